The normalized spacial score (nSPS) is 11.5. The molecule has 0 fully saturated rings. The highest BCUT2D eigenvalue weighted by Gasteiger charge is 2.07. The van der Waals surface area contributed by atoms with E-state index in [1.165, 1.54) is 10.9 Å². The van der Waals surface area contributed by atoms with Gasteiger partial charge in [0, 0.05) is 29.2 Å². The predicted molar refractivity (Wildman–Crippen MR) is 134 cm³/mol. The zero-order valence-electron chi connectivity index (χ0n) is 17.9. The summed E-state index contributed by atoms with van der Waals surface area (Å²) in [5, 5.41) is 6.43. The van der Waals surface area contributed by atoms with Crippen LogP contribution in [0.3, 0.4) is 0 Å². The SMILES string of the molecule is Cc1ccccc1OCCCn1cc(/C=N\Nc2nc3ccccc3s2)c2ccccc21. The number of benzene rings is 3. The molecule has 0 saturated carbocycles. The van der Waals surface area contributed by atoms with Gasteiger partial charge in [-0.15, -0.1) is 0 Å². The summed E-state index contributed by atoms with van der Waals surface area (Å²) in [6.45, 7) is 3.63. The van der Waals surface area contributed by atoms with Crippen LogP contribution in [0.15, 0.2) is 84.1 Å². The van der Waals surface area contributed by atoms with Gasteiger partial charge in [0.05, 0.1) is 23.0 Å². The minimum atomic E-state index is 0.681. The third kappa shape index (κ3) is 4.36. The number of hydrogen-bond donors (Lipinski definition) is 1. The Morgan fingerprint density at radius 2 is 1.84 bits per heavy atom. The van der Waals surface area contributed by atoms with Crippen molar-refractivity contribution in [2.75, 3.05) is 12.0 Å². The molecule has 0 amide bonds. The number of nitrogens with one attached hydrogen (secondary N) is 1. The topological polar surface area (TPSA) is 51.4 Å². The number of thiazole rings is 1. The highest BCUT2D eigenvalue weighted by molar-refractivity contribution is 7.22. The van der Waals surface area contributed by atoms with Crippen LogP contribution < -0.4 is 10.2 Å². The van der Waals surface area contributed by atoms with Crippen molar-refractivity contribution < 1.29 is 4.74 Å². The molecule has 0 aliphatic rings. The summed E-state index contributed by atoms with van der Waals surface area (Å²) < 4.78 is 9.38. The number of rotatable bonds is 8. The van der Waals surface area contributed by atoms with E-state index in [-0.39, 0.29) is 0 Å². The fourth-order valence-corrected chi connectivity index (χ4v) is 4.59. The lowest BCUT2D eigenvalue weighted by molar-refractivity contribution is 0.301. The number of ether oxygens (including phenoxy) is 1. The molecular weight excluding hydrogens is 416 g/mol. The van der Waals surface area contributed by atoms with Crippen molar-refractivity contribution in [1.82, 2.24) is 9.55 Å². The molecule has 0 spiro atoms. The van der Waals surface area contributed by atoms with Crippen LogP contribution in [0.2, 0.25) is 0 Å². The molecule has 5 rings (SSSR count). The largest absolute Gasteiger partial charge is 0.493 e. The molecule has 2 heterocycles. The molecule has 0 atom stereocenters. The lowest BCUT2D eigenvalue weighted by Gasteiger charge is -2.09. The molecule has 0 saturated heterocycles. The van der Waals surface area contributed by atoms with Crippen LogP contribution in [-0.2, 0) is 6.54 Å². The first-order chi connectivity index (χ1) is 15.8. The van der Waals surface area contributed by atoms with Gasteiger partial charge in [-0.05, 0) is 43.2 Å². The number of aromatic nitrogens is 2. The van der Waals surface area contributed by atoms with Gasteiger partial charge in [-0.2, -0.15) is 5.10 Å². The van der Waals surface area contributed by atoms with Gasteiger partial charge in [0.25, 0.3) is 0 Å². The average Bonchev–Trinajstić information content (AvgIpc) is 3.39. The molecule has 0 aliphatic carbocycles. The maximum atomic E-state index is 5.96. The summed E-state index contributed by atoms with van der Waals surface area (Å²) in [6, 6.07) is 24.6. The molecule has 5 aromatic rings. The number of anilines is 1. The van der Waals surface area contributed by atoms with Gasteiger partial charge in [-0.25, -0.2) is 4.98 Å². The van der Waals surface area contributed by atoms with Crippen molar-refractivity contribution in [3.8, 4) is 5.75 Å². The summed E-state index contributed by atoms with van der Waals surface area (Å²) in [4.78, 5) is 4.57. The zero-order valence-corrected chi connectivity index (χ0v) is 18.7. The summed E-state index contributed by atoms with van der Waals surface area (Å²) in [5.41, 5.74) is 7.51. The lowest BCUT2D eigenvalue weighted by Crippen LogP contribution is -2.04. The Kier molecular flexibility index (Phi) is 5.85. The van der Waals surface area contributed by atoms with Crippen LogP contribution >= 0.6 is 11.3 Å². The Hall–Kier alpha value is -3.64. The summed E-state index contributed by atoms with van der Waals surface area (Å²) >= 11 is 1.60. The first-order valence-electron chi connectivity index (χ1n) is 10.7. The third-order valence-electron chi connectivity index (χ3n) is 5.37. The number of hydrogen-bond acceptors (Lipinski definition) is 5. The smallest absolute Gasteiger partial charge is 0.204 e. The number of para-hydroxylation sites is 3. The first-order valence-corrected chi connectivity index (χ1v) is 11.5. The van der Waals surface area contributed by atoms with E-state index in [4.69, 9.17) is 4.74 Å². The molecule has 6 heteroatoms. The summed E-state index contributed by atoms with van der Waals surface area (Å²) in [5.74, 6) is 0.957. The standard InChI is InChI=1S/C26H24N4OS/c1-19-9-2-6-13-24(19)31-16-8-15-30-18-20(21-10-3-5-12-23(21)30)17-27-29-26-28-22-11-4-7-14-25(22)32-26/h2-7,9-14,17-18H,8,15-16H2,1H3,(H,28,29)/b27-17-. The van der Waals surface area contributed by atoms with E-state index in [0.29, 0.717) is 6.61 Å². The fourth-order valence-electron chi connectivity index (χ4n) is 3.78. The molecule has 0 radical (unpaired) electrons. The quantitative estimate of drug-likeness (QED) is 0.171. The van der Waals surface area contributed by atoms with E-state index in [9.17, 15) is 0 Å². The zero-order chi connectivity index (χ0) is 21.8. The Bertz CT molecular complexity index is 1350. The molecule has 0 aliphatic heterocycles. The van der Waals surface area contributed by atoms with Crippen molar-refractivity contribution in [1.29, 1.82) is 0 Å². The Labute approximate surface area is 191 Å². The van der Waals surface area contributed by atoms with Gasteiger partial charge in [-0.3, -0.25) is 5.43 Å². The molecule has 0 bridgehead atoms. The van der Waals surface area contributed by atoms with Crippen LogP contribution in [-0.4, -0.2) is 22.4 Å². The van der Waals surface area contributed by atoms with Gasteiger partial charge >= 0.3 is 0 Å². The highest BCUT2D eigenvalue weighted by Crippen LogP contribution is 2.25. The minimum absolute atomic E-state index is 0.681. The van der Waals surface area contributed by atoms with Crippen molar-refractivity contribution in [3.63, 3.8) is 0 Å². The van der Waals surface area contributed by atoms with Crippen LogP contribution in [0.1, 0.15) is 17.5 Å². The summed E-state index contributed by atoms with van der Waals surface area (Å²) in [7, 11) is 0. The number of fused-ring (bicyclic) bond motifs is 2. The van der Waals surface area contributed by atoms with Crippen LogP contribution in [0.5, 0.6) is 5.75 Å². The highest BCUT2D eigenvalue weighted by atomic mass is 32.1. The second-order valence-corrected chi connectivity index (χ2v) is 8.65. The maximum absolute atomic E-state index is 5.96. The molecule has 5 nitrogen and oxygen atoms in total. The van der Waals surface area contributed by atoms with E-state index < -0.39 is 0 Å². The van der Waals surface area contributed by atoms with Crippen molar-refractivity contribution in [2.45, 2.75) is 19.9 Å². The lowest BCUT2D eigenvalue weighted by atomic mass is 10.2. The monoisotopic (exact) mass is 440 g/mol. The van der Waals surface area contributed by atoms with Gasteiger partial charge < -0.3 is 9.30 Å². The van der Waals surface area contributed by atoms with Crippen molar-refractivity contribution in [3.05, 3.63) is 90.1 Å². The Morgan fingerprint density at radius 1 is 1.03 bits per heavy atom. The maximum Gasteiger partial charge on any atom is 0.204 e. The van der Waals surface area contributed by atoms with E-state index >= 15 is 0 Å². The molecule has 1 N–H and O–H groups in total. The Balaban J connectivity index is 1.26. The van der Waals surface area contributed by atoms with Crippen LogP contribution in [0, 0.1) is 6.92 Å². The molecular formula is C26H24N4OS. The second kappa shape index (κ2) is 9.24. The first kappa shape index (κ1) is 20.3. The van der Waals surface area contributed by atoms with E-state index in [2.05, 4.69) is 69.6 Å². The number of nitrogens with zero attached hydrogens (tertiary/aromatic N) is 3. The van der Waals surface area contributed by atoms with Crippen LogP contribution in [0.4, 0.5) is 5.13 Å². The molecule has 160 valence electrons. The third-order valence-corrected chi connectivity index (χ3v) is 6.31. The van der Waals surface area contributed by atoms with Crippen LogP contribution in [0.25, 0.3) is 21.1 Å². The van der Waals surface area contributed by atoms with Gasteiger partial charge in [0.15, 0.2) is 0 Å². The number of hydrazone groups is 1. The molecule has 0 unspecified atom stereocenters. The minimum Gasteiger partial charge on any atom is -0.493 e. The Morgan fingerprint density at radius 3 is 2.75 bits per heavy atom. The van der Waals surface area contributed by atoms with Gasteiger partial charge in [-0.1, -0.05) is 59.9 Å². The average molecular weight is 441 g/mol. The van der Waals surface area contributed by atoms with E-state index in [0.717, 1.165) is 45.2 Å². The predicted octanol–water partition coefficient (Wildman–Crippen LogP) is 6.47. The fraction of sp³-hybridized carbons (Fsp3) is 0.154. The van der Waals surface area contributed by atoms with E-state index in [1.807, 2.05) is 42.6 Å². The number of aryl methyl sites for hydroxylation is 2. The molecule has 2 aromatic heterocycles. The molecule has 3 aromatic carbocycles. The second-order valence-electron chi connectivity index (χ2n) is 7.62. The van der Waals surface area contributed by atoms with Crippen molar-refractivity contribution in [2.24, 2.45) is 5.10 Å². The van der Waals surface area contributed by atoms with E-state index in [1.54, 1.807) is 11.3 Å². The van der Waals surface area contributed by atoms with Gasteiger partial charge in [0.2, 0.25) is 5.13 Å². The molecule has 32 heavy (non-hydrogen) atoms. The van der Waals surface area contributed by atoms with Crippen molar-refractivity contribution >= 4 is 43.8 Å². The van der Waals surface area contributed by atoms with Gasteiger partial charge in [0.1, 0.15) is 5.75 Å². The summed E-state index contributed by atoms with van der Waals surface area (Å²) in [6.07, 6.45) is 4.95.